The number of carbonyl (C=O) groups is 1. The van der Waals surface area contributed by atoms with Crippen LogP contribution in [0.2, 0.25) is 0 Å². The minimum absolute atomic E-state index is 0.0997. The van der Waals surface area contributed by atoms with Crippen molar-refractivity contribution in [3.63, 3.8) is 0 Å². The predicted octanol–water partition coefficient (Wildman–Crippen LogP) is 6.43. The number of aryl methyl sites for hydroxylation is 1. The Labute approximate surface area is 146 Å². The first-order chi connectivity index (χ1) is 11.7. The molecule has 0 unspecified atom stereocenters. The highest BCUT2D eigenvalue weighted by Gasteiger charge is 2.31. The van der Waals surface area contributed by atoms with Gasteiger partial charge in [0.1, 0.15) is 5.78 Å². The molecule has 0 spiro atoms. The van der Waals surface area contributed by atoms with Gasteiger partial charge < -0.3 is 0 Å². The quantitative estimate of drug-likeness (QED) is 0.560. The molecule has 25 heavy (non-hydrogen) atoms. The summed E-state index contributed by atoms with van der Waals surface area (Å²) in [6.07, 6.45) is 4.25. The molecule has 0 saturated heterocycles. The lowest BCUT2D eigenvalue weighted by atomic mass is 9.93. The maximum Gasteiger partial charge on any atom is 0.416 e. The number of rotatable bonds is 5. The van der Waals surface area contributed by atoms with Gasteiger partial charge in [0, 0.05) is 6.42 Å². The number of benzene rings is 1. The molecule has 0 N–H and O–H groups in total. The minimum atomic E-state index is -4.33. The summed E-state index contributed by atoms with van der Waals surface area (Å²) in [7, 11) is 0. The Kier molecular flexibility index (Phi) is 6.04. The lowest BCUT2D eigenvalue weighted by Crippen LogP contribution is -2.06. The van der Waals surface area contributed by atoms with Crippen molar-refractivity contribution in [3.05, 3.63) is 64.3 Å². The second-order valence-electron chi connectivity index (χ2n) is 6.52. The van der Waals surface area contributed by atoms with Gasteiger partial charge in [0.15, 0.2) is 0 Å². The number of carbonyl (C=O) groups excluding carboxylic acids is 1. The van der Waals surface area contributed by atoms with Crippen LogP contribution in [0.3, 0.4) is 0 Å². The standard InChI is InChI=1S/C21H23F3O/c1-14(7-4-5-8-16(3)25)18-9-6-10-19(18)20-13-17(21(22,23)24)12-11-15(20)2/h4-5,7,11-13H,6,8-10H2,1-3H3/b5-4-,14-7+. The second kappa shape index (κ2) is 7.85. The van der Waals surface area contributed by atoms with Crippen LogP contribution in [-0.2, 0) is 11.0 Å². The largest absolute Gasteiger partial charge is 0.416 e. The Morgan fingerprint density at radius 3 is 2.56 bits per heavy atom. The van der Waals surface area contributed by atoms with Gasteiger partial charge in [-0.25, -0.2) is 0 Å². The molecular weight excluding hydrogens is 325 g/mol. The fourth-order valence-electron chi connectivity index (χ4n) is 3.15. The number of allylic oxidation sites excluding steroid dienone is 6. The summed E-state index contributed by atoms with van der Waals surface area (Å²) >= 11 is 0. The van der Waals surface area contributed by atoms with E-state index in [2.05, 4.69) is 0 Å². The third kappa shape index (κ3) is 4.94. The summed E-state index contributed by atoms with van der Waals surface area (Å²) in [6.45, 7) is 5.36. The van der Waals surface area contributed by atoms with Gasteiger partial charge >= 0.3 is 6.18 Å². The van der Waals surface area contributed by atoms with Crippen LogP contribution in [0.1, 0.15) is 56.2 Å². The van der Waals surface area contributed by atoms with E-state index in [1.54, 1.807) is 12.1 Å². The molecule has 2 rings (SSSR count). The monoisotopic (exact) mass is 348 g/mol. The van der Waals surface area contributed by atoms with Gasteiger partial charge in [0.25, 0.3) is 0 Å². The number of hydrogen-bond donors (Lipinski definition) is 0. The van der Waals surface area contributed by atoms with E-state index in [4.69, 9.17) is 0 Å². The van der Waals surface area contributed by atoms with Gasteiger partial charge in [-0.15, -0.1) is 0 Å². The lowest BCUT2D eigenvalue weighted by molar-refractivity contribution is -0.137. The van der Waals surface area contributed by atoms with Gasteiger partial charge in [0.2, 0.25) is 0 Å². The molecule has 0 fully saturated rings. The molecule has 0 bridgehead atoms. The van der Waals surface area contributed by atoms with Gasteiger partial charge in [-0.1, -0.05) is 24.3 Å². The van der Waals surface area contributed by atoms with E-state index in [1.165, 1.54) is 13.0 Å². The van der Waals surface area contributed by atoms with E-state index in [1.807, 2.05) is 26.0 Å². The third-order valence-corrected chi connectivity index (χ3v) is 4.47. The van der Waals surface area contributed by atoms with E-state index in [-0.39, 0.29) is 5.78 Å². The second-order valence-corrected chi connectivity index (χ2v) is 6.52. The molecule has 1 aliphatic rings. The van der Waals surface area contributed by atoms with Crippen molar-refractivity contribution in [3.8, 4) is 0 Å². The number of Topliss-reactive ketones (excluding diaryl/α,β-unsaturated/α-hetero) is 1. The number of hydrogen-bond acceptors (Lipinski definition) is 1. The van der Waals surface area contributed by atoms with Crippen LogP contribution in [0.15, 0.2) is 47.6 Å². The normalized spacial score (nSPS) is 16.2. The summed E-state index contributed by atoms with van der Waals surface area (Å²) in [5.74, 6) is 0.0997. The molecule has 1 nitrogen and oxygen atoms in total. The predicted molar refractivity (Wildman–Crippen MR) is 95.1 cm³/mol. The van der Waals surface area contributed by atoms with Crippen LogP contribution in [-0.4, -0.2) is 5.78 Å². The van der Waals surface area contributed by atoms with Crippen molar-refractivity contribution < 1.29 is 18.0 Å². The molecular formula is C21H23F3O. The van der Waals surface area contributed by atoms with Gasteiger partial charge in [-0.2, -0.15) is 13.2 Å². The molecule has 1 aromatic carbocycles. The van der Waals surface area contributed by atoms with Gasteiger partial charge in [-0.3, -0.25) is 4.79 Å². The average Bonchev–Trinajstić information content (AvgIpc) is 3.00. The van der Waals surface area contributed by atoms with Gasteiger partial charge in [-0.05, 0) is 80.0 Å². The molecule has 1 aromatic rings. The fraction of sp³-hybridized carbons (Fsp3) is 0.381. The van der Waals surface area contributed by atoms with Crippen molar-refractivity contribution in [1.82, 2.24) is 0 Å². The zero-order valence-corrected chi connectivity index (χ0v) is 14.8. The van der Waals surface area contributed by atoms with Crippen LogP contribution in [0.4, 0.5) is 13.2 Å². The first kappa shape index (κ1) is 19.2. The zero-order chi connectivity index (χ0) is 18.6. The SMILES string of the molecule is CC(=O)C/C=C\C=C(/C)C1=C(c2cc(C(F)(F)F)ccc2C)CCC1. The maximum atomic E-state index is 13.0. The summed E-state index contributed by atoms with van der Waals surface area (Å²) in [4.78, 5) is 11.0. The molecule has 0 aromatic heterocycles. The number of halogens is 3. The van der Waals surface area contributed by atoms with E-state index in [0.29, 0.717) is 12.0 Å². The van der Waals surface area contributed by atoms with E-state index in [9.17, 15) is 18.0 Å². The number of ketones is 1. The molecule has 0 saturated carbocycles. The molecule has 1 aliphatic carbocycles. The molecule has 0 aliphatic heterocycles. The Bertz CT molecular complexity index is 749. The van der Waals surface area contributed by atoms with E-state index >= 15 is 0 Å². The average molecular weight is 348 g/mol. The molecule has 134 valence electrons. The molecule has 4 heteroatoms. The first-order valence-electron chi connectivity index (χ1n) is 8.43. The highest BCUT2D eigenvalue weighted by molar-refractivity contribution is 5.77. The topological polar surface area (TPSA) is 17.1 Å². The summed E-state index contributed by atoms with van der Waals surface area (Å²) in [5.41, 5.74) is 4.14. The van der Waals surface area contributed by atoms with Crippen LogP contribution < -0.4 is 0 Å². The summed E-state index contributed by atoms with van der Waals surface area (Å²) in [5, 5.41) is 0. The van der Waals surface area contributed by atoms with Crippen LogP contribution in [0.5, 0.6) is 0 Å². The third-order valence-electron chi connectivity index (χ3n) is 4.47. The fourth-order valence-corrected chi connectivity index (χ4v) is 3.15. The smallest absolute Gasteiger partial charge is 0.300 e. The Hall–Kier alpha value is -2.10. The molecule has 0 amide bonds. The van der Waals surface area contributed by atoms with Crippen molar-refractivity contribution >= 4 is 11.4 Å². The van der Waals surface area contributed by atoms with Crippen molar-refractivity contribution in [1.29, 1.82) is 0 Å². The molecule has 0 atom stereocenters. The Morgan fingerprint density at radius 2 is 1.92 bits per heavy atom. The van der Waals surface area contributed by atoms with Crippen LogP contribution in [0, 0.1) is 6.92 Å². The van der Waals surface area contributed by atoms with Crippen molar-refractivity contribution in [2.45, 2.75) is 52.6 Å². The zero-order valence-electron chi connectivity index (χ0n) is 14.8. The minimum Gasteiger partial charge on any atom is -0.300 e. The van der Waals surface area contributed by atoms with E-state index in [0.717, 1.165) is 47.6 Å². The molecule has 0 radical (unpaired) electrons. The number of alkyl halides is 3. The van der Waals surface area contributed by atoms with Crippen molar-refractivity contribution in [2.24, 2.45) is 0 Å². The lowest BCUT2D eigenvalue weighted by Gasteiger charge is -2.14. The Morgan fingerprint density at radius 1 is 1.20 bits per heavy atom. The van der Waals surface area contributed by atoms with Gasteiger partial charge in [0.05, 0.1) is 5.56 Å². The summed E-state index contributed by atoms with van der Waals surface area (Å²) < 4.78 is 39.1. The van der Waals surface area contributed by atoms with E-state index < -0.39 is 11.7 Å². The summed E-state index contributed by atoms with van der Waals surface area (Å²) in [6, 6.07) is 3.96. The highest BCUT2D eigenvalue weighted by Crippen LogP contribution is 2.40. The van der Waals surface area contributed by atoms with Crippen LogP contribution >= 0.6 is 0 Å². The van der Waals surface area contributed by atoms with Crippen LogP contribution in [0.25, 0.3) is 5.57 Å². The first-order valence-corrected chi connectivity index (χ1v) is 8.43. The maximum absolute atomic E-state index is 13.0. The molecule has 0 heterocycles. The Balaban J connectivity index is 2.39. The van der Waals surface area contributed by atoms with Crippen molar-refractivity contribution in [2.75, 3.05) is 0 Å². The highest BCUT2D eigenvalue weighted by atomic mass is 19.4.